The van der Waals surface area contributed by atoms with E-state index in [-0.39, 0.29) is 17.2 Å². The summed E-state index contributed by atoms with van der Waals surface area (Å²) in [5, 5.41) is 13.5. The zero-order valence-corrected chi connectivity index (χ0v) is 21.4. The number of hydrogen-bond donors (Lipinski definition) is 3. The Labute approximate surface area is 224 Å². The molecule has 38 heavy (non-hydrogen) atoms. The van der Waals surface area contributed by atoms with Crippen molar-refractivity contribution in [1.29, 1.82) is 0 Å². The van der Waals surface area contributed by atoms with Gasteiger partial charge < -0.3 is 20.1 Å². The molecule has 8 heteroatoms. The fourth-order valence-electron chi connectivity index (χ4n) is 4.40. The van der Waals surface area contributed by atoms with Crippen molar-refractivity contribution < 1.29 is 19.4 Å². The van der Waals surface area contributed by atoms with Crippen LogP contribution in [0.4, 0.5) is 0 Å². The highest BCUT2D eigenvalue weighted by atomic mass is 35.5. The summed E-state index contributed by atoms with van der Waals surface area (Å²) in [6.07, 6.45) is 0. The Morgan fingerprint density at radius 3 is 2.50 bits per heavy atom. The first-order valence-corrected chi connectivity index (χ1v) is 12.3. The molecule has 0 saturated carbocycles. The van der Waals surface area contributed by atoms with Crippen molar-refractivity contribution in [3.8, 4) is 28.3 Å². The van der Waals surface area contributed by atoms with E-state index in [1.54, 1.807) is 37.4 Å². The Morgan fingerprint density at radius 1 is 0.947 bits per heavy atom. The molecule has 1 heterocycles. The van der Waals surface area contributed by atoms with Gasteiger partial charge in [-0.05, 0) is 78.2 Å². The number of fused-ring (bicyclic) bond motifs is 1. The van der Waals surface area contributed by atoms with Gasteiger partial charge in [-0.2, -0.15) is 0 Å². The van der Waals surface area contributed by atoms with E-state index < -0.39 is 11.9 Å². The fourth-order valence-corrected chi connectivity index (χ4v) is 4.57. The number of amides is 1. The summed E-state index contributed by atoms with van der Waals surface area (Å²) in [4.78, 5) is 33.4. The molecule has 1 aromatic heterocycles. The van der Waals surface area contributed by atoms with Crippen LogP contribution in [0.25, 0.3) is 33.5 Å². The van der Waals surface area contributed by atoms with Crippen molar-refractivity contribution in [2.24, 2.45) is 0 Å². The minimum Gasteiger partial charge on any atom is -0.497 e. The Balaban J connectivity index is 1.52. The number of carboxylic acids is 1. The first-order chi connectivity index (χ1) is 18.3. The third-order valence-corrected chi connectivity index (χ3v) is 6.60. The number of ether oxygens (including phenoxy) is 1. The maximum atomic E-state index is 13.1. The van der Waals surface area contributed by atoms with E-state index in [1.165, 1.54) is 6.07 Å². The van der Waals surface area contributed by atoms with Crippen molar-refractivity contribution in [2.45, 2.75) is 13.0 Å². The normalized spacial score (nSPS) is 11.8. The molecule has 0 radical (unpaired) electrons. The van der Waals surface area contributed by atoms with Crippen LogP contribution in [-0.4, -0.2) is 34.1 Å². The van der Waals surface area contributed by atoms with Crippen molar-refractivity contribution in [1.82, 2.24) is 15.3 Å². The number of carbonyl (C=O) groups is 2. The maximum Gasteiger partial charge on any atom is 0.336 e. The number of aromatic carboxylic acids is 1. The van der Waals surface area contributed by atoms with Gasteiger partial charge in [0.1, 0.15) is 11.6 Å². The van der Waals surface area contributed by atoms with Gasteiger partial charge >= 0.3 is 5.97 Å². The molecule has 5 rings (SSSR count). The average Bonchev–Trinajstić information content (AvgIpc) is 3.36. The zero-order chi connectivity index (χ0) is 26.8. The lowest BCUT2D eigenvalue weighted by atomic mass is 9.93. The van der Waals surface area contributed by atoms with E-state index in [0.29, 0.717) is 33.3 Å². The third-order valence-electron chi connectivity index (χ3n) is 6.37. The molecule has 4 aromatic carbocycles. The number of benzene rings is 4. The number of nitrogens with one attached hydrogen (secondary N) is 2. The van der Waals surface area contributed by atoms with Gasteiger partial charge in [-0.1, -0.05) is 41.9 Å². The van der Waals surface area contributed by atoms with Gasteiger partial charge in [0.25, 0.3) is 5.91 Å². The van der Waals surface area contributed by atoms with E-state index in [1.807, 2.05) is 55.5 Å². The lowest BCUT2D eigenvalue weighted by Crippen LogP contribution is -2.27. The number of carbonyl (C=O) groups excluding carboxylic acids is 1. The fraction of sp³-hybridized carbons (Fsp3) is 0.100. The Morgan fingerprint density at radius 2 is 1.74 bits per heavy atom. The first-order valence-electron chi connectivity index (χ1n) is 11.9. The quantitative estimate of drug-likeness (QED) is 0.218. The highest BCUT2D eigenvalue weighted by Gasteiger charge is 2.21. The molecule has 190 valence electrons. The summed E-state index contributed by atoms with van der Waals surface area (Å²) in [7, 11) is 1.58. The predicted molar refractivity (Wildman–Crippen MR) is 148 cm³/mol. The van der Waals surface area contributed by atoms with Crippen molar-refractivity contribution in [3.05, 3.63) is 107 Å². The van der Waals surface area contributed by atoms with Crippen molar-refractivity contribution in [2.75, 3.05) is 7.11 Å². The van der Waals surface area contributed by atoms with Crippen LogP contribution in [0.2, 0.25) is 5.02 Å². The van der Waals surface area contributed by atoms with Crippen LogP contribution >= 0.6 is 11.6 Å². The van der Waals surface area contributed by atoms with Crippen LogP contribution in [0.15, 0.2) is 84.9 Å². The molecule has 1 unspecified atom stereocenters. The highest BCUT2D eigenvalue weighted by Crippen LogP contribution is 2.36. The first kappa shape index (κ1) is 25.0. The molecule has 0 aliphatic heterocycles. The topological polar surface area (TPSA) is 104 Å². The largest absolute Gasteiger partial charge is 0.497 e. The number of methoxy groups -OCH3 is 1. The van der Waals surface area contributed by atoms with Crippen LogP contribution in [-0.2, 0) is 0 Å². The second kappa shape index (κ2) is 10.4. The number of nitrogens with zero attached hydrogens (tertiary/aromatic N) is 1. The smallest absolute Gasteiger partial charge is 0.336 e. The Bertz CT molecular complexity index is 1640. The number of hydrogen-bond acceptors (Lipinski definition) is 4. The molecular formula is C30H24ClN3O4. The number of imidazole rings is 1. The SMILES string of the molecule is COc1cccc(C(C)NC(=O)c2ccc(-c3cc(Cl)ccc3-c3nc4ccccc4[nH]3)c(C(=O)O)c2)c1. The summed E-state index contributed by atoms with van der Waals surface area (Å²) in [6, 6.07) is 24.6. The van der Waals surface area contributed by atoms with Gasteiger partial charge in [-0.15, -0.1) is 0 Å². The molecule has 0 bridgehead atoms. The second-order valence-electron chi connectivity index (χ2n) is 8.83. The van der Waals surface area contributed by atoms with Crippen LogP contribution in [0.5, 0.6) is 5.75 Å². The maximum absolute atomic E-state index is 13.1. The predicted octanol–water partition coefficient (Wildman–Crippen LogP) is 6.75. The number of H-pyrrole nitrogens is 1. The van der Waals surface area contributed by atoms with Gasteiger partial charge in [0.05, 0.1) is 29.7 Å². The van der Waals surface area contributed by atoms with Crippen LogP contribution < -0.4 is 10.1 Å². The summed E-state index contributed by atoms with van der Waals surface area (Å²) >= 11 is 6.33. The standard InChI is InChI=1S/C30H24ClN3O4/c1-17(18-6-5-7-21(14-18)38-2)32-29(35)19-10-12-22(25(15-19)30(36)37)24-16-20(31)11-13-23(24)28-33-26-8-3-4-9-27(26)34-28/h3-17H,1-2H3,(H,32,35)(H,33,34)(H,36,37). The van der Waals surface area contributed by atoms with E-state index in [2.05, 4.69) is 15.3 Å². The van der Waals surface area contributed by atoms with E-state index >= 15 is 0 Å². The number of rotatable bonds is 7. The minimum absolute atomic E-state index is 0.0219. The average molecular weight is 526 g/mol. The number of aromatic amines is 1. The highest BCUT2D eigenvalue weighted by molar-refractivity contribution is 6.31. The number of para-hydroxylation sites is 2. The van der Waals surface area contributed by atoms with Crippen LogP contribution in [0.3, 0.4) is 0 Å². The van der Waals surface area contributed by atoms with Gasteiger partial charge in [0, 0.05) is 16.1 Å². The van der Waals surface area contributed by atoms with Gasteiger partial charge in [0.2, 0.25) is 0 Å². The summed E-state index contributed by atoms with van der Waals surface area (Å²) < 4.78 is 5.26. The molecule has 3 N–H and O–H groups in total. The molecule has 5 aromatic rings. The van der Waals surface area contributed by atoms with Gasteiger partial charge in [0.15, 0.2) is 0 Å². The minimum atomic E-state index is -1.16. The molecule has 7 nitrogen and oxygen atoms in total. The number of carboxylic acid groups (broad SMARTS) is 1. The number of halogens is 1. The van der Waals surface area contributed by atoms with Crippen LogP contribution in [0, 0.1) is 0 Å². The molecule has 0 fully saturated rings. The van der Waals surface area contributed by atoms with Gasteiger partial charge in [-0.25, -0.2) is 9.78 Å². The monoisotopic (exact) mass is 525 g/mol. The second-order valence-corrected chi connectivity index (χ2v) is 9.27. The van der Waals surface area contributed by atoms with E-state index in [9.17, 15) is 14.7 Å². The summed E-state index contributed by atoms with van der Waals surface area (Å²) in [6.45, 7) is 1.85. The van der Waals surface area contributed by atoms with Crippen molar-refractivity contribution >= 4 is 34.5 Å². The van der Waals surface area contributed by atoms with E-state index in [4.69, 9.17) is 16.3 Å². The molecule has 0 spiro atoms. The Kier molecular flexibility index (Phi) is 6.85. The lowest BCUT2D eigenvalue weighted by Gasteiger charge is -2.16. The third kappa shape index (κ3) is 4.96. The zero-order valence-electron chi connectivity index (χ0n) is 20.7. The molecular weight excluding hydrogens is 502 g/mol. The molecule has 0 saturated heterocycles. The molecule has 0 aliphatic carbocycles. The molecule has 0 aliphatic rings. The molecule has 1 atom stereocenters. The lowest BCUT2D eigenvalue weighted by molar-refractivity contribution is 0.0697. The molecule has 1 amide bonds. The Hall–Kier alpha value is -4.62. The summed E-state index contributed by atoms with van der Waals surface area (Å²) in [5.74, 6) is -0.282. The van der Waals surface area contributed by atoms with E-state index in [0.717, 1.165) is 16.6 Å². The number of aromatic nitrogens is 2. The van der Waals surface area contributed by atoms with Gasteiger partial charge in [-0.3, -0.25) is 4.79 Å². The van der Waals surface area contributed by atoms with Crippen molar-refractivity contribution in [3.63, 3.8) is 0 Å². The summed E-state index contributed by atoms with van der Waals surface area (Å²) in [5.41, 5.74) is 4.43. The van der Waals surface area contributed by atoms with Crippen LogP contribution in [0.1, 0.15) is 39.2 Å².